The van der Waals surface area contributed by atoms with Crippen LogP contribution in [0.15, 0.2) is 11.6 Å². The van der Waals surface area contributed by atoms with Crippen LogP contribution in [0.3, 0.4) is 0 Å². The van der Waals surface area contributed by atoms with Gasteiger partial charge in [-0.3, -0.25) is 0 Å². The lowest BCUT2D eigenvalue weighted by atomic mass is 9.83. The highest BCUT2D eigenvalue weighted by Crippen LogP contribution is 2.26. The summed E-state index contributed by atoms with van der Waals surface area (Å²) in [5.74, 6) is 0.745. The van der Waals surface area contributed by atoms with Crippen molar-refractivity contribution in [3.63, 3.8) is 0 Å². The maximum absolute atomic E-state index is 10.4. The van der Waals surface area contributed by atoms with Crippen LogP contribution in [0, 0.1) is 11.8 Å². The molecular formula is C9H14O. The van der Waals surface area contributed by atoms with Crippen molar-refractivity contribution in [1.29, 1.82) is 0 Å². The second-order valence-corrected chi connectivity index (χ2v) is 3.21. The molecule has 0 bridgehead atoms. The zero-order valence-corrected chi connectivity index (χ0v) is 6.63. The lowest BCUT2D eigenvalue weighted by Crippen LogP contribution is -2.15. The van der Waals surface area contributed by atoms with Gasteiger partial charge in [0.1, 0.15) is 6.29 Å². The van der Waals surface area contributed by atoms with Crippen LogP contribution >= 0.6 is 0 Å². The highest BCUT2D eigenvalue weighted by molar-refractivity contribution is 5.55. The average molecular weight is 138 g/mol. The number of hydrogen-bond acceptors (Lipinski definition) is 1. The van der Waals surface area contributed by atoms with Crippen LogP contribution < -0.4 is 0 Å². The van der Waals surface area contributed by atoms with Gasteiger partial charge in [0.25, 0.3) is 0 Å². The van der Waals surface area contributed by atoms with E-state index in [0.717, 1.165) is 19.1 Å². The van der Waals surface area contributed by atoms with Crippen LogP contribution in [-0.4, -0.2) is 6.29 Å². The first-order valence-corrected chi connectivity index (χ1v) is 3.86. The van der Waals surface area contributed by atoms with Gasteiger partial charge in [-0.2, -0.15) is 0 Å². The summed E-state index contributed by atoms with van der Waals surface area (Å²) in [5, 5.41) is 0. The summed E-state index contributed by atoms with van der Waals surface area (Å²) in [4.78, 5) is 10.4. The van der Waals surface area contributed by atoms with Crippen molar-refractivity contribution in [1.82, 2.24) is 0 Å². The van der Waals surface area contributed by atoms with E-state index in [9.17, 15) is 4.79 Å². The first-order valence-electron chi connectivity index (χ1n) is 3.86. The number of rotatable bonds is 1. The minimum Gasteiger partial charge on any atom is -0.303 e. The molecule has 1 aliphatic rings. The molecule has 56 valence electrons. The Morgan fingerprint density at radius 3 is 2.90 bits per heavy atom. The van der Waals surface area contributed by atoms with E-state index >= 15 is 0 Å². The van der Waals surface area contributed by atoms with Crippen molar-refractivity contribution in [2.45, 2.75) is 26.7 Å². The highest BCUT2D eigenvalue weighted by atomic mass is 16.1. The monoisotopic (exact) mass is 138 g/mol. The second-order valence-electron chi connectivity index (χ2n) is 3.21. The van der Waals surface area contributed by atoms with Crippen LogP contribution in [0.2, 0.25) is 0 Å². The van der Waals surface area contributed by atoms with Crippen LogP contribution in [0.25, 0.3) is 0 Å². The Kier molecular flexibility index (Phi) is 2.25. The maximum atomic E-state index is 10.4. The Labute approximate surface area is 62.1 Å². The van der Waals surface area contributed by atoms with Crippen molar-refractivity contribution < 1.29 is 4.79 Å². The van der Waals surface area contributed by atoms with E-state index in [2.05, 4.69) is 19.9 Å². The van der Waals surface area contributed by atoms with Gasteiger partial charge in [0.15, 0.2) is 0 Å². The molecule has 0 unspecified atom stereocenters. The number of hydrogen-bond donors (Lipinski definition) is 0. The molecule has 0 spiro atoms. The zero-order chi connectivity index (χ0) is 7.56. The lowest BCUT2D eigenvalue weighted by Gasteiger charge is -2.21. The SMILES string of the molecule is CC1=C[C@@H](C)[C@@H](C=O)CC1. The summed E-state index contributed by atoms with van der Waals surface area (Å²) >= 11 is 0. The molecule has 0 aromatic heterocycles. The largest absolute Gasteiger partial charge is 0.303 e. The average Bonchev–Trinajstić information content (AvgIpc) is 1.88. The van der Waals surface area contributed by atoms with Gasteiger partial charge in [-0.05, 0) is 25.7 Å². The summed E-state index contributed by atoms with van der Waals surface area (Å²) in [6.07, 6.45) is 5.46. The first-order chi connectivity index (χ1) is 4.74. The highest BCUT2D eigenvalue weighted by Gasteiger charge is 2.18. The van der Waals surface area contributed by atoms with Crippen molar-refractivity contribution in [2.75, 3.05) is 0 Å². The van der Waals surface area contributed by atoms with E-state index in [1.807, 2.05) is 0 Å². The molecule has 0 aliphatic heterocycles. The van der Waals surface area contributed by atoms with E-state index in [1.54, 1.807) is 0 Å². The molecular weight excluding hydrogens is 124 g/mol. The Balaban J connectivity index is 2.63. The van der Waals surface area contributed by atoms with Crippen molar-refractivity contribution in [3.05, 3.63) is 11.6 Å². The molecule has 0 aromatic rings. The molecule has 1 heteroatoms. The molecule has 0 amide bonds. The third kappa shape index (κ3) is 1.47. The predicted molar refractivity (Wildman–Crippen MR) is 41.7 cm³/mol. The van der Waals surface area contributed by atoms with Gasteiger partial charge >= 0.3 is 0 Å². The summed E-state index contributed by atoms with van der Waals surface area (Å²) in [7, 11) is 0. The van der Waals surface area contributed by atoms with Crippen LogP contribution in [0.4, 0.5) is 0 Å². The van der Waals surface area contributed by atoms with E-state index < -0.39 is 0 Å². The van der Waals surface area contributed by atoms with E-state index in [-0.39, 0.29) is 5.92 Å². The number of aldehydes is 1. The maximum Gasteiger partial charge on any atom is 0.123 e. The summed E-state index contributed by atoms with van der Waals surface area (Å²) < 4.78 is 0. The Bertz CT molecular complexity index is 158. The van der Waals surface area contributed by atoms with Crippen LogP contribution in [0.1, 0.15) is 26.7 Å². The van der Waals surface area contributed by atoms with Gasteiger partial charge in [-0.25, -0.2) is 0 Å². The Hall–Kier alpha value is -0.590. The molecule has 2 atom stereocenters. The van der Waals surface area contributed by atoms with Crippen LogP contribution in [-0.2, 0) is 4.79 Å². The van der Waals surface area contributed by atoms with E-state index in [1.165, 1.54) is 5.57 Å². The molecule has 0 radical (unpaired) electrons. The van der Waals surface area contributed by atoms with Crippen molar-refractivity contribution in [2.24, 2.45) is 11.8 Å². The van der Waals surface area contributed by atoms with Gasteiger partial charge in [0, 0.05) is 5.92 Å². The molecule has 0 heterocycles. The first kappa shape index (κ1) is 7.52. The summed E-state index contributed by atoms with van der Waals surface area (Å²) in [6.45, 7) is 4.25. The molecule has 0 N–H and O–H groups in total. The van der Waals surface area contributed by atoms with E-state index in [4.69, 9.17) is 0 Å². The van der Waals surface area contributed by atoms with Gasteiger partial charge in [-0.1, -0.05) is 18.6 Å². The molecule has 0 saturated carbocycles. The van der Waals surface area contributed by atoms with Crippen molar-refractivity contribution >= 4 is 6.29 Å². The second kappa shape index (κ2) is 3.00. The zero-order valence-electron chi connectivity index (χ0n) is 6.63. The third-order valence-electron chi connectivity index (χ3n) is 2.27. The minimum atomic E-state index is 0.281. The number of allylic oxidation sites excluding steroid dienone is 2. The van der Waals surface area contributed by atoms with Gasteiger partial charge in [0.05, 0.1) is 0 Å². The predicted octanol–water partition coefficient (Wildman–Crippen LogP) is 2.18. The standard InChI is InChI=1S/C9H14O/c1-7-3-4-9(6-10)8(2)5-7/h5-6,8-9H,3-4H2,1-2H3/t8-,9-/m1/s1. The van der Waals surface area contributed by atoms with Gasteiger partial charge in [-0.15, -0.1) is 0 Å². The Morgan fingerprint density at radius 2 is 2.40 bits per heavy atom. The fourth-order valence-electron chi connectivity index (χ4n) is 1.50. The van der Waals surface area contributed by atoms with E-state index in [0.29, 0.717) is 5.92 Å². The molecule has 0 aromatic carbocycles. The molecule has 1 aliphatic carbocycles. The Morgan fingerprint density at radius 1 is 1.70 bits per heavy atom. The lowest BCUT2D eigenvalue weighted by molar-refractivity contribution is -0.112. The van der Waals surface area contributed by atoms with Crippen molar-refractivity contribution in [3.8, 4) is 0 Å². The third-order valence-corrected chi connectivity index (χ3v) is 2.27. The fourth-order valence-corrected chi connectivity index (χ4v) is 1.50. The molecule has 1 nitrogen and oxygen atoms in total. The van der Waals surface area contributed by atoms with Crippen LogP contribution in [0.5, 0.6) is 0 Å². The summed E-state index contributed by atoms with van der Waals surface area (Å²) in [5.41, 5.74) is 1.44. The van der Waals surface area contributed by atoms with Gasteiger partial charge < -0.3 is 4.79 Å². The topological polar surface area (TPSA) is 17.1 Å². The smallest absolute Gasteiger partial charge is 0.123 e. The summed E-state index contributed by atoms with van der Waals surface area (Å²) in [6, 6.07) is 0. The normalized spacial score (nSPS) is 33.2. The van der Waals surface area contributed by atoms with Gasteiger partial charge in [0.2, 0.25) is 0 Å². The molecule has 10 heavy (non-hydrogen) atoms. The number of carbonyl (C=O) groups excluding carboxylic acids is 1. The molecule has 0 saturated heterocycles. The molecule has 0 fully saturated rings. The minimum absolute atomic E-state index is 0.281. The molecule has 1 rings (SSSR count). The number of carbonyl (C=O) groups is 1. The quantitative estimate of drug-likeness (QED) is 0.401. The fraction of sp³-hybridized carbons (Fsp3) is 0.667.